The number of halogens is 1. The van der Waals surface area contributed by atoms with Crippen molar-refractivity contribution in [3.8, 4) is 6.07 Å². The van der Waals surface area contributed by atoms with E-state index in [-0.39, 0.29) is 24.1 Å². The molecule has 1 atom stereocenters. The molecular formula is C21H21FN2O2. The van der Waals surface area contributed by atoms with E-state index in [0.717, 1.165) is 17.7 Å². The van der Waals surface area contributed by atoms with Crippen molar-refractivity contribution in [3.05, 3.63) is 70.5 Å². The Hall–Kier alpha value is -2.55. The van der Waals surface area contributed by atoms with Gasteiger partial charge in [-0.15, -0.1) is 0 Å². The highest BCUT2D eigenvalue weighted by Gasteiger charge is 2.17. The van der Waals surface area contributed by atoms with Crippen LogP contribution in [0.4, 0.5) is 4.39 Å². The Morgan fingerprint density at radius 3 is 2.92 bits per heavy atom. The van der Waals surface area contributed by atoms with Crippen LogP contribution >= 0.6 is 0 Å². The summed E-state index contributed by atoms with van der Waals surface area (Å²) in [5.41, 5.74) is 2.72. The van der Waals surface area contributed by atoms with Gasteiger partial charge in [0, 0.05) is 25.9 Å². The number of aryl methyl sites for hydroxylation is 1. The van der Waals surface area contributed by atoms with Crippen molar-refractivity contribution in [2.24, 2.45) is 0 Å². The molecule has 0 bridgehead atoms. The summed E-state index contributed by atoms with van der Waals surface area (Å²) in [5.74, 6) is -0.383. The van der Waals surface area contributed by atoms with E-state index in [2.05, 4.69) is 11.4 Å². The minimum Gasteiger partial charge on any atom is -0.371 e. The Labute approximate surface area is 152 Å². The number of ketones is 1. The number of nitriles is 1. The second-order valence-corrected chi connectivity index (χ2v) is 6.44. The van der Waals surface area contributed by atoms with Crippen LogP contribution in [-0.2, 0) is 22.4 Å². The molecule has 0 amide bonds. The Balaban J connectivity index is 1.57. The lowest BCUT2D eigenvalue weighted by Gasteiger charge is -2.24. The molecule has 1 N–H and O–H groups in total. The van der Waals surface area contributed by atoms with Gasteiger partial charge in [-0.25, -0.2) is 4.39 Å². The van der Waals surface area contributed by atoms with E-state index in [4.69, 9.17) is 10.00 Å². The van der Waals surface area contributed by atoms with E-state index in [9.17, 15) is 9.18 Å². The van der Waals surface area contributed by atoms with Crippen molar-refractivity contribution in [2.75, 3.05) is 19.7 Å². The third kappa shape index (κ3) is 4.75. The van der Waals surface area contributed by atoms with E-state index >= 15 is 0 Å². The van der Waals surface area contributed by atoms with E-state index in [0.29, 0.717) is 37.1 Å². The SMILES string of the molecule is N#Cc1cccc(CCC(=O)Cc2ccc([C@@H]3CNCCO3)cc2F)c1. The molecule has 1 fully saturated rings. The van der Waals surface area contributed by atoms with Gasteiger partial charge in [-0.2, -0.15) is 5.26 Å². The minimum absolute atomic E-state index is 0.0189. The van der Waals surface area contributed by atoms with Gasteiger partial charge in [-0.05, 0) is 41.3 Å². The number of morpholine rings is 1. The molecule has 3 rings (SSSR count). The Morgan fingerprint density at radius 2 is 2.19 bits per heavy atom. The molecule has 2 aromatic carbocycles. The first kappa shape index (κ1) is 18.2. The smallest absolute Gasteiger partial charge is 0.137 e. The predicted molar refractivity (Wildman–Crippen MR) is 96.2 cm³/mol. The van der Waals surface area contributed by atoms with Crippen molar-refractivity contribution < 1.29 is 13.9 Å². The average molecular weight is 352 g/mol. The maximum Gasteiger partial charge on any atom is 0.137 e. The first-order chi connectivity index (χ1) is 12.7. The number of nitrogens with one attached hydrogen (secondary N) is 1. The monoisotopic (exact) mass is 352 g/mol. The van der Waals surface area contributed by atoms with Gasteiger partial charge in [-0.1, -0.05) is 24.3 Å². The second kappa shape index (κ2) is 8.70. The van der Waals surface area contributed by atoms with Gasteiger partial charge in [0.25, 0.3) is 0 Å². The van der Waals surface area contributed by atoms with Crippen LogP contribution in [0.15, 0.2) is 42.5 Å². The molecule has 0 aliphatic carbocycles. The highest BCUT2D eigenvalue weighted by Crippen LogP contribution is 2.22. The second-order valence-electron chi connectivity index (χ2n) is 6.44. The van der Waals surface area contributed by atoms with Crippen LogP contribution in [0, 0.1) is 17.1 Å². The standard InChI is InChI=1S/C21H21FN2O2/c22-20-12-18(21-14-24-8-9-26-21)6-5-17(20)11-19(25)7-4-15-2-1-3-16(10-15)13-23/h1-3,5-6,10,12,21,24H,4,7-9,11,14H2/t21-/m0/s1. The van der Waals surface area contributed by atoms with E-state index in [1.165, 1.54) is 6.07 Å². The summed E-state index contributed by atoms with van der Waals surface area (Å²) in [7, 11) is 0. The lowest BCUT2D eigenvalue weighted by molar-refractivity contribution is -0.118. The van der Waals surface area contributed by atoms with E-state index in [1.54, 1.807) is 24.3 Å². The first-order valence-corrected chi connectivity index (χ1v) is 8.77. The lowest BCUT2D eigenvalue weighted by atomic mass is 9.99. The maximum atomic E-state index is 14.4. The normalized spacial score (nSPS) is 16.8. The third-order valence-corrected chi connectivity index (χ3v) is 4.51. The minimum atomic E-state index is -0.364. The van der Waals surface area contributed by atoms with Gasteiger partial charge in [0.05, 0.1) is 24.3 Å². The molecule has 1 aliphatic heterocycles. The van der Waals surface area contributed by atoms with Crippen LogP contribution in [0.3, 0.4) is 0 Å². The highest BCUT2D eigenvalue weighted by atomic mass is 19.1. The topological polar surface area (TPSA) is 62.1 Å². The largest absolute Gasteiger partial charge is 0.371 e. The number of nitrogens with zero attached hydrogens (tertiary/aromatic N) is 1. The van der Waals surface area contributed by atoms with Crippen LogP contribution in [0.5, 0.6) is 0 Å². The van der Waals surface area contributed by atoms with Crippen molar-refractivity contribution in [1.29, 1.82) is 5.26 Å². The zero-order valence-electron chi connectivity index (χ0n) is 14.5. The Morgan fingerprint density at radius 1 is 1.31 bits per heavy atom. The van der Waals surface area contributed by atoms with Crippen LogP contribution in [-0.4, -0.2) is 25.5 Å². The fourth-order valence-electron chi connectivity index (χ4n) is 3.07. The van der Waals surface area contributed by atoms with Gasteiger partial charge >= 0.3 is 0 Å². The summed E-state index contributed by atoms with van der Waals surface area (Å²) < 4.78 is 20.0. The summed E-state index contributed by atoms with van der Waals surface area (Å²) >= 11 is 0. The van der Waals surface area contributed by atoms with Crippen LogP contribution < -0.4 is 5.32 Å². The van der Waals surface area contributed by atoms with E-state index in [1.807, 2.05) is 12.1 Å². The van der Waals surface area contributed by atoms with Crippen molar-refractivity contribution in [2.45, 2.75) is 25.4 Å². The number of Topliss-reactive ketones (excluding diaryl/α,β-unsaturated/α-hetero) is 1. The fourth-order valence-corrected chi connectivity index (χ4v) is 3.07. The number of ether oxygens (including phenoxy) is 1. The van der Waals surface area contributed by atoms with Gasteiger partial charge in [0.2, 0.25) is 0 Å². The number of benzene rings is 2. The number of hydrogen-bond acceptors (Lipinski definition) is 4. The molecule has 134 valence electrons. The van der Waals surface area contributed by atoms with Gasteiger partial charge in [-0.3, -0.25) is 4.79 Å². The average Bonchev–Trinajstić information content (AvgIpc) is 2.69. The molecule has 0 unspecified atom stereocenters. The van der Waals surface area contributed by atoms with Crippen molar-refractivity contribution in [1.82, 2.24) is 5.32 Å². The number of carbonyl (C=O) groups is 1. The van der Waals surface area contributed by atoms with Crippen molar-refractivity contribution in [3.63, 3.8) is 0 Å². The zero-order valence-corrected chi connectivity index (χ0v) is 14.5. The summed E-state index contributed by atoms with van der Waals surface area (Å²) in [5, 5.41) is 12.1. The number of carbonyl (C=O) groups excluding carboxylic acids is 1. The molecule has 0 aromatic heterocycles. The molecule has 0 radical (unpaired) electrons. The lowest BCUT2D eigenvalue weighted by Crippen LogP contribution is -2.33. The molecule has 0 spiro atoms. The Bertz CT molecular complexity index is 823. The molecule has 1 heterocycles. The third-order valence-electron chi connectivity index (χ3n) is 4.51. The van der Waals surface area contributed by atoms with Crippen LogP contribution in [0.25, 0.3) is 0 Å². The highest BCUT2D eigenvalue weighted by molar-refractivity contribution is 5.81. The zero-order chi connectivity index (χ0) is 18.4. The summed E-state index contributed by atoms with van der Waals surface area (Å²) in [4.78, 5) is 12.2. The fraction of sp³-hybridized carbons (Fsp3) is 0.333. The molecule has 5 heteroatoms. The summed E-state index contributed by atoms with van der Waals surface area (Å²) in [6.45, 7) is 2.09. The molecule has 1 saturated heterocycles. The Kier molecular flexibility index (Phi) is 6.11. The van der Waals surface area contributed by atoms with Crippen LogP contribution in [0.1, 0.15) is 34.8 Å². The van der Waals surface area contributed by atoms with Crippen molar-refractivity contribution >= 4 is 5.78 Å². The van der Waals surface area contributed by atoms with Gasteiger partial charge < -0.3 is 10.1 Å². The summed E-state index contributed by atoms with van der Waals surface area (Å²) in [6.07, 6.45) is 0.810. The first-order valence-electron chi connectivity index (χ1n) is 8.77. The number of rotatable bonds is 6. The van der Waals surface area contributed by atoms with Gasteiger partial charge in [0.1, 0.15) is 11.6 Å². The van der Waals surface area contributed by atoms with Crippen LogP contribution in [0.2, 0.25) is 0 Å². The molecule has 26 heavy (non-hydrogen) atoms. The molecule has 1 aliphatic rings. The van der Waals surface area contributed by atoms with E-state index < -0.39 is 0 Å². The molecular weight excluding hydrogens is 331 g/mol. The molecule has 4 nitrogen and oxygen atoms in total. The predicted octanol–water partition coefficient (Wildman–Crippen LogP) is 3.10. The maximum absolute atomic E-state index is 14.4. The molecule has 0 saturated carbocycles. The summed E-state index contributed by atoms with van der Waals surface area (Å²) in [6, 6.07) is 14.3. The number of hydrogen-bond donors (Lipinski definition) is 1. The quantitative estimate of drug-likeness (QED) is 0.868. The van der Waals surface area contributed by atoms with Gasteiger partial charge in [0.15, 0.2) is 0 Å². The molecule has 2 aromatic rings.